The predicted molar refractivity (Wildman–Crippen MR) is 117 cm³/mol. The molecule has 1 fully saturated rings. The fraction of sp³-hybridized carbons (Fsp3) is 0.333. The van der Waals surface area contributed by atoms with E-state index in [1.165, 1.54) is 41.2 Å². The Balaban J connectivity index is 1.65. The van der Waals surface area contributed by atoms with E-state index in [1.807, 2.05) is 6.07 Å². The van der Waals surface area contributed by atoms with Gasteiger partial charge in [-0.25, -0.2) is 8.42 Å². The number of hydrogen-bond donors (Lipinski definition) is 1. The summed E-state index contributed by atoms with van der Waals surface area (Å²) in [5.74, 6) is -0.370. The highest BCUT2D eigenvalue weighted by Crippen LogP contribution is 2.27. The van der Waals surface area contributed by atoms with Crippen molar-refractivity contribution in [1.82, 2.24) is 23.7 Å². The molecule has 0 aliphatic carbocycles. The van der Waals surface area contributed by atoms with Crippen LogP contribution in [0.4, 0.5) is 0 Å². The van der Waals surface area contributed by atoms with E-state index in [-0.39, 0.29) is 23.9 Å². The lowest BCUT2D eigenvalue weighted by Gasteiger charge is -2.24. The van der Waals surface area contributed by atoms with Crippen molar-refractivity contribution in [3.8, 4) is 0 Å². The van der Waals surface area contributed by atoms with Crippen LogP contribution in [0.15, 0.2) is 57.2 Å². The van der Waals surface area contributed by atoms with Crippen molar-refractivity contribution in [3.05, 3.63) is 69.0 Å². The maximum Gasteiger partial charge on any atom is 0.316 e. The van der Waals surface area contributed by atoms with Crippen molar-refractivity contribution in [2.75, 3.05) is 6.54 Å². The van der Waals surface area contributed by atoms with Gasteiger partial charge in [0, 0.05) is 39.6 Å². The van der Waals surface area contributed by atoms with Gasteiger partial charge in [-0.15, -0.1) is 0 Å². The number of sulfonamides is 1. The largest absolute Gasteiger partial charge is 0.351 e. The Morgan fingerprint density at radius 2 is 1.84 bits per heavy atom. The minimum atomic E-state index is -4.00. The molecule has 1 unspecified atom stereocenters. The molecule has 1 saturated heterocycles. The molecule has 11 heteroatoms. The zero-order valence-corrected chi connectivity index (χ0v) is 18.5. The molecule has 1 aliphatic heterocycles. The second-order valence-electron chi connectivity index (χ2n) is 7.73. The summed E-state index contributed by atoms with van der Waals surface area (Å²) < 4.78 is 30.3. The third-order valence-electron chi connectivity index (χ3n) is 5.76. The normalized spacial score (nSPS) is 17.0. The van der Waals surface area contributed by atoms with Gasteiger partial charge in [-0.3, -0.25) is 19.4 Å². The number of carbonyl (C=O) groups is 1. The highest BCUT2D eigenvalue weighted by Gasteiger charge is 2.39. The molecule has 4 rings (SSSR count). The number of nitrogens with one attached hydrogen (secondary N) is 1. The molecule has 1 amide bonds. The van der Waals surface area contributed by atoms with Crippen molar-refractivity contribution >= 4 is 27.0 Å². The lowest BCUT2D eigenvalue weighted by atomic mass is 10.2. The van der Waals surface area contributed by atoms with Gasteiger partial charge in [0.1, 0.15) is 6.04 Å². The van der Waals surface area contributed by atoms with Gasteiger partial charge in [0.05, 0.1) is 15.9 Å². The van der Waals surface area contributed by atoms with Crippen LogP contribution < -0.4 is 16.4 Å². The Morgan fingerprint density at radius 3 is 2.53 bits per heavy atom. The summed E-state index contributed by atoms with van der Waals surface area (Å²) in [6.07, 6.45) is 4.24. The van der Waals surface area contributed by atoms with Crippen LogP contribution in [0.3, 0.4) is 0 Å². The molecule has 32 heavy (non-hydrogen) atoms. The van der Waals surface area contributed by atoms with Crippen molar-refractivity contribution in [1.29, 1.82) is 0 Å². The quantitative estimate of drug-likeness (QED) is 0.542. The maximum absolute atomic E-state index is 13.4. The Morgan fingerprint density at radius 1 is 1.12 bits per heavy atom. The SMILES string of the molecule is Cn1c(=O)c(=O)n(C)c2cc(S(=O)(=O)N3CCCC3C(=O)NCc3cccnc3)ccc21. The van der Waals surface area contributed by atoms with Crippen LogP contribution in [-0.2, 0) is 35.5 Å². The summed E-state index contributed by atoms with van der Waals surface area (Å²) in [4.78, 5) is 40.9. The monoisotopic (exact) mass is 457 g/mol. The average Bonchev–Trinajstić information content (AvgIpc) is 3.31. The summed E-state index contributed by atoms with van der Waals surface area (Å²) in [6, 6.07) is 7.02. The van der Waals surface area contributed by atoms with Gasteiger partial charge in [0.25, 0.3) is 0 Å². The zero-order valence-electron chi connectivity index (χ0n) is 17.7. The van der Waals surface area contributed by atoms with Crippen LogP contribution in [0, 0.1) is 0 Å². The van der Waals surface area contributed by atoms with Crippen molar-refractivity contribution < 1.29 is 13.2 Å². The molecule has 0 bridgehead atoms. The Kier molecular flexibility index (Phi) is 5.70. The first-order chi connectivity index (χ1) is 15.2. The van der Waals surface area contributed by atoms with Gasteiger partial charge >= 0.3 is 11.1 Å². The topological polar surface area (TPSA) is 123 Å². The van der Waals surface area contributed by atoms with Crippen molar-refractivity contribution in [3.63, 3.8) is 0 Å². The lowest BCUT2D eigenvalue weighted by molar-refractivity contribution is -0.124. The number of fused-ring (bicyclic) bond motifs is 1. The highest BCUT2D eigenvalue weighted by molar-refractivity contribution is 7.89. The molecule has 3 heterocycles. The highest BCUT2D eigenvalue weighted by atomic mass is 32.2. The molecule has 0 spiro atoms. The Hall–Kier alpha value is -3.31. The van der Waals surface area contributed by atoms with E-state index >= 15 is 0 Å². The van der Waals surface area contributed by atoms with Crippen LogP contribution in [0.2, 0.25) is 0 Å². The lowest BCUT2D eigenvalue weighted by Crippen LogP contribution is -2.45. The van der Waals surface area contributed by atoms with Crippen molar-refractivity contribution in [2.24, 2.45) is 14.1 Å². The first-order valence-electron chi connectivity index (χ1n) is 10.1. The number of benzene rings is 1. The molecule has 1 N–H and O–H groups in total. The second-order valence-corrected chi connectivity index (χ2v) is 9.62. The van der Waals surface area contributed by atoms with Gasteiger partial charge in [0.15, 0.2) is 0 Å². The molecule has 3 aromatic rings. The van der Waals surface area contributed by atoms with E-state index in [9.17, 15) is 22.8 Å². The smallest absolute Gasteiger partial charge is 0.316 e. The molecular formula is C21H23N5O5S. The van der Waals surface area contributed by atoms with Crippen LogP contribution >= 0.6 is 0 Å². The molecule has 0 saturated carbocycles. The molecule has 1 atom stereocenters. The summed E-state index contributed by atoms with van der Waals surface area (Å²) in [7, 11) is -1.12. The third kappa shape index (κ3) is 3.73. The summed E-state index contributed by atoms with van der Waals surface area (Å²) in [6.45, 7) is 0.473. The number of pyridine rings is 1. The average molecular weight is 458 g/mol. The molecular weight excluding hydrogens is 434 g/mol. The predicted octanol–water partition coefficient (Wildman–Crippen LogP) is 0.102. The Bertz CT molecular complexity index is 1410. The van der Waals surface area contributed by atoms with E-state index in [1.54, 1.807) is 18.5 Å². The standard InChI is InChI=1S/C21H23N5O5S/c1-24-16-8-7-15(11-18(16)25(2)21(29)20(24)28)32(30,31)26-10-4-6-17(26)19(27)23-13-14-5-3-9-22-12-14/h3,5,7-9,11-12,17H,4,6,10,13H2,1-2H3,(H,23,27). The van der Waals surface area contributed by atoms with E-state index in [4.69, 9.17) is 0 Å². The van der Waals surface area contributed by atoms with E-state index in [0.717, 1.165) is 10.1 Å². The number of carbonyl (C=O) groups excluding carboxylic acids is 1. The molecule has 2 aromatic heterocycles. The number of aromatic nitrogens is 3. The maximum atomic E-state index is 13.4. The molecule has 1 aliphatic rings. The second kappa shape index (κ2) is 8.32. The fourth-order valence-electron chi connectivity index (χ4n) is 3.96. The van der Waals surface area contributed by atoms with E-state index in [0.29, 0.717) is 23.9 Å². The number of aryl methyl sites for hydroxylation is 2. The van der Waals surface area contributed by atoms with E-state index in [2.05, 4.69) is 10.3 Å². The molecule has 1 aromatic carbocycles. The van der Waals surface area contributed by atoms with Gasteiger partial charge in [0.2, 0.25) is 15.9 Å². The van der Waals surface area contributed by atoms with Gasteiger partial charge in [-0.2, -0.15) is 4.31 Å². The molecule has 10 nitrogen and oxygen atoms in total. The third-order valence-corrected chi connectivity index (χ3v) is 7.67. The van der Waals surface area contributed by atoms with Crippen LogP contribution in [0.1, 0.15) is 18.4 Å². The summed E-state index contributed by atoms with van der Waals surface area (Å²) in [5, 5.41) is 2.79. The van der Waals surface area contributed by atoms with Crippen LogP contribution in [0.5, 0.6) is 0 Å². The van der Waals surface area contributed by atoms with Gasteiger partial charge < -0.3 is 14.5 Å². The van der Waals surface area contributed by atoms with Gasteiger partial charge in [-0.1, -0.05) is 6.07 Å². The molecule has 168 valence electrons. The van der Waals surface area contributed by atoms with Gasteiger partial charge in [-0.05, 0) is 42.7 Å². The fourth-order valence-corrected chi connectivity index (χ4v) is 5.63. The number of nitrogens with zero attached hydrogens (tertiary/aromatic N) is 4. The first-order valence-corrected chi connectivity index (χ1v) is 11.5. The van der Waals surface area contributed by atoms with Crippen LogP contribution in [0.25, 0.3) is 11.0 Å². The molecule has 0 radical (unpaired) electrons. The summed E-state index contributed by atoms with van der Waals surface area (Å²) in [5.41, 5.74) is 0.122. The first kappa shape index (κ1) is 21.9. The Labute approximate surface area is 184 Å². The minimum absolute atomic E-state index is 0.0365. The van der Waals surface area contributed by atoms with Crippen molar-refractivity contribution in [2.45, 2.75) is 30.3 Å². The number of rotatable bonds is 5. The zero-order chi connectivity index (χ0) is 23.0. The summed E-state index contributed by atoms with van der Waals surface area (Å²) >= 11 is 0. The number of hydrogen-bond acceptors (Lipinski definition) is 6. The number of amides is 1. The van der Waals surface area contributed by atoms with E-state index < -0.39 is 27.2 Å². The minimum Gasteiger partial charge on any atom is -0.351 e. The van der Waals surface area contributed by atoms with Crippen LogP contribution in [-0.4, -0.2) is 45.3 Å².